The number of hydrogen-bond acceptors (Lipinski definition) is 1. The van der Waals surface area contributed by atoms with E-state index in [0.717, 1.165) is 42.9 Å². The highest BCUT2D eigenvalue weighted by Gasteiger charge is 2.49. The van der Waals surface area contributed by atoms with Gasteiger partial charge in [0.2, 0.25) is 0 Å². The minimum atomic E-state index is -0.142. The predicted molar refractivity (Wildman–Crippen MR) is 121 cm³/mol. The molecule has 0 heterocycles. The largest absolute Gasteiger partial charge is 0.393 e. The summed E-state index contributed by atoms with van der Waals surface area (Å²) in [4.78, 5) is 0. The Morgan fingerprint density at radius 3 is 2.68 bits per heavy atom. The summed E-state index contributed by atoms with van der Waals surface area (Å²) in [5, 5.41) is 10.0. The minimum Gasteiger partial charge on any atom is -0.393 e. The van der Waals surface area contributed by atoms with Crippen molar-refractivity contribution >= 4 is 0 Å². The lowest BCUT2D eigenvalue weighted by Crippen LogP contribution is -2.35. The molecule has 1 heteroatoms. The van der Waals surface area contributed by atoms with Crippen LogP contribution in [0.25, 0.3) is 0 Å². The Morgan fingerprint density at radius 2 is 1.93 bits per heavy atom. The number of aliphatic hydroxyl groups excluding tert-OH is 1. The maximum atomic E-state index is 10.0. The van der Waals surface area contributed by atoms with Crippen LogP contribution in [-0.4, -0.2) is 11.2 Å². The van der Waals surface area contributed by atoms with E-state index in [-0.39, 0.29) is 6.10 Å². The number of allylic oxidation sites excluding steroid dienone is 5. The summed E-state index contributed by atoms with van der Waals surface area (Å²) in [6.45, 7) is 12.1. The van der Waals surface area contributed by atoms with E-state index in [1.165, 1.54) is 56.1 Å². The Kier molecular flexibility index (Phi) is 7.29. The van der Waals surface area contributed by atoms with Gasteiger partial charge in [0.25, 0.3) is 0 Å². The van der Waals surface area contributed by atoms with Crippen molar-refractivity contribution in [2.75, 3.05) is 0 Å². The van der Waals surface area contributed by atoms with Gasteiger partial charge in [0.1, 0.15) is 0 Å². The number of rotatable bonds is 7. The zero-order valence-electron chi connectivity index (χ0n) is 19.1. The van der Waals surface area contributed by atoms with Crippen LogP contribution >= 0.6 is 0 Å². The van der Waals surface area contributed by atoms with Crippen molar-refractivity contribution in [2.24, 2.45) is 29.1 Å². The van der Waals surface area contributed by atoms with E-state index in [4.69, 9.17) is 0 Å². The van der Waals surface area contributed by atoms with Gasteiger partial charge < -0.3 is 5.11 Å². The first-order valence-corrected chi connectivity index (χ1v) is 12.1. The Hall–Kier alpha value is -0.820. The molecule has 0 bridgehead atoms. The van der Waals surface area contributed by atoms with E-state index in [2.05, 4.69) is 52.8 Å². The molecule has 0 aromatic heterocycles. The van der Waals surface area contributed by atoms with Crippen molar-refractivity contribution < 1.29 is 5.11 Å². The Balaban J connectivity index is 1.67. The molecule has 0 aromatic rings. The van der Waals surface area contributed by atoms with Crippen LogP contribution in [0.15, 0.2) is 34.9 Å². The van der Waals surface area contributed by atoms with Gasteiger partial charge in [-0.1, -0.05) is 70.8 Å². The smallest absolute Gasteiger partial charge is 0.0583 e. The number of aliphatic hydroxyl groups is 1. The zero-order valence-corrected chi connectivity index (χ0v) is 19.1. The third-order valence-corrected chi connectivity index (χ3v) is 8.34. The van der Waals surface area contributed by atoms with Gasteiger partial charge in [-0.25, -0.2) is 0 Å². The minimum absolute atomic E-state index is 0.142. The van der Waals surface area contributed by atoms with Crippen LogP contribution in [0.1, 0.15) is 98.8 Å². The molecule has 1 fully saturated rings. The molecule has 0 aromatic carbocycles. The fourth-order valence-corrected chi connectivity index (χ4v) is 6.51. The topological polar surface area (TPSA) is 20.2 Å². The molecular weight excluding hydrogens is 340 g/mol. The third-order valence-electron chi connectivity index (χ3n) is 8.34. The maximum Gasteiger partial charge on any atom is 0.0583 e. The molecule has 1 N–H and O–H groups in total. The highest BCUT2D eigenvalue weighted by atomic mass is 16.3. The highest BCUT2D eigenvalue weighted by molar-refractivity contribution is 5.36. The number of fused-ring (bicyclic) bond motifs is 1. The van der Waals surface area contributed by atoms with Crippen LogP contribution in [0.2, 0.25) is 0 Å². The molecule has 3 aliphatic rings. The van der Waals surface area contributed by atoms with Gasteiger partial charge in [-0.05, 0) is 92.1 Å². The van der Waals surface area contributed by atoms with E-state index < -0.39 is 0 Å². The summed E-state index contributed by atoms with van der Waals surface area (Å²) in [5.41, 5.74) is 4.93. The van der Waals surface area contributed by atoms with Crippen LogP contribution in [0.3, 0.4) is 0 Å². The first-order valence-electron chi connectivity index (χ1n) is 12.1. The van der Waals surface area contributed by atoms with E-state index in [1.54, 1.807) is 5.57 Å². The maximum absolute atomic E-state index is 10.0. The lowest BCUT2D eigenvalue weighted by molar-refractivity contribution is 0.107. The molecule has 1 saturated carbocycles. The van der Waals surface area contributed by atoms with Gasteiger partial charge in [-0.3, -0.25) is 0 Å². The van der Waals surface area contributed by atoms with E-state index >= 15 is 0 Å². The molecular formula is C27H44O. The highest BCUT2D eigenvalue weighted by Crippen LogP contribution is 2.58. The van der Waals surface area contributed by atoms with Gasteiger partial charge >= 0.3 is 0 Å². The normalized spacial score (nSPS) is 34.8. The second-order valence-electron chi connectivity index (χ2n) is 10.8. The second-order valence-corrected chi connectivity index (χ2v) is 10.8. The number of hydrogen-bond donors (Lipinski definition) is 1. The van der Waals surface area contributed by atoms with Crippen molar-refractivity contribution in [1.29, 1.82) is 0 Å². The molecule has 3 rings (SSSR count). The lowest BCUT2D eigenvalue weighted by atomic mass is 9.62. The summed E-state index contributed by atoms with van der Waals surface area (Å²) in [6, 6.07) is 0. The van der Waals surface area contributed by atoms with E-state index in [1.807, 2.05) is 0 Å². The van der Waals surface area contributed by atoms with Gasteiger partial charge in [-0.15, -0.1) is 0 Å². The Bertz CT molecular complexity index is 622. The van der Waals surface area contributed by atoms with Crippen LogP contribution in [0.5, 0.6) is 0 Å². The van der Waals surface area contributed by atoms with Crippen molar-refractivity contribution in [3.8, 4) is 0 Å². The molecule has 1 nitrogen and oxygen atoms in total. The van der Waals surface area contributed by atoms with Gasteiger partial charge in [0.05, 0.1) is 6.10 Å². The third kappa shape index (κ3) is 4.84. The average Bonchev–Trinajstić information content (AvgIpc) is 2.99. The van der Waals surface area contributed by atoms with Crippen LogP contribution in [0, 0.1) is 29.1 Å². The molecule has 0 saturated heterocycles. The molecule has 0 radical (unpaired) electrons. The SMILES string of the molecule is CC1=C(/C=C/C2=CCC[C@@]3(C)[C@@H]2CC[C@@H]3[C@H](C)CCCC(C)C)C[C@H](O)CC1. The molecule has 158 valence electrons. The van der Waals surface area contributed by atoms with Crippen LogP contribution < -0.4 is 0 Å². The predicted octanol–water partition coefficient (Wildman–Crippen LogP) is 7.62. The summed E-state index contributed by atoms with van der Waals surface area (Å²) in [7, 11) is 0. The fourth-order valence-electron chi connectivity index (χ4n) is 6.51. The van der Waals surface area contributed by atoms with Crippen molar-refractivity contribution in [2.45, 2.75) is 105 Å². The zero-order chi connectivity index (χ0) is 20.3. The average molecular weight is 385 g/mol. The molecule has 0 unspecified atom stereocenters. The van der Waals surface area contributed by atoms with Crippen molar-refractivity contribution in [3.63, 3.8) is 0 Å². The molecule has 5 atom stereocenters. The lowest BCUT2D eigenvalue weighted by Gasteiger charge is -2.43. The Labute approximate surface area is 174 Å². The van der Waals surface area contributed by atoms with Gasteiger partial charge in [0.15, 0.2) is 0 Å². The van der Waals surface area contributed by atoms with Crippen LogP contribution in [-0.2, 0) is 0 Å². The summed E-state index contributed by atoms with van der Waals surface area (Å²) >= 11 is 0. The summed E-state index contributed by atoms with van der Waals surface area (Å²) < 4.78 is 0. The molecule has 0 aliphatic heterocycles. The van der Waals surface area contributed by atoms with Crippen molar-refractivity contribution in [1.82, 2.24) is 0 Å². The van der Waals surface area contributed by atoms with Gasteiger partial charge in [0, 0.05) is 0 Å². The monoisotopic (exact) mass is 384 g/mol. The second kappa shape index (κ2) is 9.33. The summed E-state index contributed by atoms with van der Waals surface area (Å²) in [5.74, 6) is 3.32. The Morgan fingerprint density at radius 1 is 1.14 bits per heavy atom. The standard InChI is InChI=1S/C27H44O/c1-19(2)8-6-9-21(4)25-15-16-26-22(10-7-17-27(25,26)5)12-13-23-18-24(28)14-11-20(23)3/h10,12-13,19,21,24-26,28H,6-9,11,14-18H2,1-5H3/b13-12+/t21-,24-,25-,26-,27-/m1/s1. The summed E-state index contributed by atoms with van der Waals surface area (Å²) in [6.07, 6.45) is 19.5. The van der Waals surface area contributed by atoms with Gasteiger partial charge in [-0.2, -0.15) is 0 Å². The fraction of sp³-hybridized carbons (Fsp3) is 0.778. The molecule has 3 aliphatic carbocycles. The quantitative estimate of drug-likeness (QED) is 0.478. The molecule has 0 spiro atoms. The van der Waals surface area contributed by atoms with E-state index in [9.17, 15) is 5.11 Å². The van der Waals surface area contributed by atoms with Crippen LogP contribution in [0.4, 0.5) is 0 Å². The van der Waals surface area contributed by atoms with Crippen molar-refractivity contribution in [3.05, 3.63) is 34.9 Å². The van der Waals surface area contributed by atoms with E-state index in [0.29, 0.717) is 5.41 Å². The molecule has 0 amide bonds. The first-order chi connectivity index (χ1) is 13.3. The molecule has 28 heavy (non-hydrogen) atoms. The first kappa shape index (κ1) is 21.9.